The maximum absolute atomic E-state index is 11.8. The molecule has 1 aliphatic heterocycles. The summed E-state index contributed by atoms with van der Waals surface area (Å²) in [6.07, 6.45) is -2.43. The van der Waals surface area contributed by atoms with E-state index in [4.69, 9.17) is 10.5 Å². The molecule has 0 aliphatic carbocycles. The summed E-state index contributed by atoms with van der Waals surface area (Å²) >= 11 is 6.74. The third-order valence-electron chi connectivity index (χ3n) is 3.42. The molecule has 1 saturated heterocycles. The van der Waals surface area contributed by atoms with E-state index in [-0.39, 0.29) is 18.1 Å². The molecular weight excluding hydrogens is 412 g/mol. The van der Waals surface area contributed by atoms with Crippen LogP contribution in [0.25, 0.3) is 5.52 Å². The lowest BCUT2D eigenvalue weighted by Crippen LogP contribution is -2.35. The fourth-order valence-corrected chi connectivity index (χ4v) is 3.67. The van der Waals surface area contributed by atoms with Gasteiger partial charge < -0.3 is 20.7 Å². The first-order chi connectivity index (χ1) is 9.86. The fraction of sp³-hybridized carbons (Fsp3) is 0.455. The first kappa shape index (κ1) is 15.0. The number of nitrogen functional groups attached to an aromatic ring is 1. The quantitative estimate of drug-likeness (QED) is 0.499. The summed E-state index contributed by atoms with van der Waals surface area (Å²) in [5.74, 6) is -0.0306. The number of hydrogen-bond acceptors (Lipinski definition) is 6. The Balaban J connectivity index is 2.15. The van der Waals surface area contributed by atoms with Crippen LogP contribution in [0.4, 0.5) is 5.95 Å². The molecule has 3 heterocycles. The van der Waals surface area contributed by atoms with Crippen molar-refractivity contribution in [1.29, 1.82) is 0 Å². The van der Waals surface area contributed by atoms with Crippen molar-refractivity contribution in [3.63, 3.8) is 0 Å². The molecule has 21 heavy (non-hydrogen) atoms. The summed E-state index contributed by atoms with van der Waals surface area (Å²) in [6.45, 7) is -0.337. The molecule has 0 saturated carbocycles. The topological polar surface area (TPSA) is 126 Å². The number of alkyl halides is 2. The van der Waals surface area contributed by atoms with Gasteiger partial charge in [-0.15, -0.1) is 5.10 Å². The Morgan fingerprint density at radius 1 is 1.52 bits per heavy atom. The van der Waals surface area contributed by atoms with Gasteiger partial charge in [-0.2, -0.15) is 0 Å². The summed E-state index contributed by atoms with van der Waals surface area (Å²) < 4.78 is 6.01. The summed E-state index contributed by atoms with van der Waals surface area (Å²) in [4.78, 5) is 14.2. The molecule has 0 spiro atoms. The van der Waals surface area contributed by atoms with Gasteiger partial charge in [-0.25, -0.2) is 4.52 Å². The maximum Gasteiger partial charge on any atom is 0.276 e. The predicted molar refractivity (Wildman–Crippen MR) is 81.5 cm³/mol. The highest BCUT2D eigenvalue weighted by Gasteiger charge is 2.54. The molecule has 1 aliphatic rings. The lowest BCUT2D eigenvalue weighted by atomic mass is 10.1. The monoisotopic (exact) mass is 422 g/mol. The van der Waals surface area contributed by atoms with Gasteiger partial charge in [0, 0.05) is 0 Å². The number of rotatable bonds is 2. The number of aliphatic hydroxyl groups excluding tert-OH is 2. The van der Waals surface area contributed by atoms with E-state index in [1.807, 2.05) is 0 Å². The van der Waals surface area contributed by atoms with Gasteiger partial charge in [-0.3, -0.25) is 9.78 Å². The second-order valence-electron chi connectivity index (χ2n) is 4.75. The van der Waals surface area contributed by atoms with Crippen molar-refractivity contribution < 1.29 is 14.9 Å². The van der Waals surface area contributed by atoms with Crippen LogP contribution in [-0.2, 0) is 4.74 Å². The van der Waals surface area contributed by atoms with Crippen molar-refractivity contribution in [2.75, 3.05) is 12.3 Å². The van der Waals surface area contributed by atoms with Gasteiger partial charge in [-0.05, 0) is 12.1 Å². The molecule has 1 fully saturated rings. The number of aromatic amines is 1. The minimum Gasteiger partial charge on any atom is -0.394 e. The molecule has 114 valence electrons. The fourth-order valence-electron chi connectivity index (χ4n) is 2.39. The lowest BCUT2D eigenvalue weighted by Gasteiger charge is -2.23. The van der Waals surface area contributed by atoms with Crippen LogP contribution in [0, 0.1) is 0 Å². The Labute approximate surface area is 135 Å². The number of hydrogen-bond donors (Lipinski definition) is 4. The van der Waals surface area contributed by atoms with Crippen LogP contribution in [0.2, 0.25) is 0 Å². The van der Waals surface area contributed by atoms with Crippen molar-refractivity contribution in [3.05, 3.63) is 28.2 Å². The van der Waals surface area contributed by atoms with E-state index in [1.54, 1.807) is 12.1 Å². The Bertz CT molecular complexity index is 743. The number of aromatic nitrogens is 3. The Hall–Kier alpha value is -0.940. The Kier molecular flexibility index (Phi) is 3.61. The average Bonchev–Trinajstić information content (AvgIpc) is 2.91. The smallest absolute Gasteiger partial charge is 0.276 e. The number of anilines is 1. The number of nitrogens with two attached hydrogens (primary N) is 1. The molecule has 0 bridgehead atoms. The van der Waals surface area contributed by atoms with Crippen LogP contribution < -0.4 is 11.3 Å². The van der Waals surface area contributed by atoms with Crippen LogP contribution in [0.1, 0.15) is 11.8 Å². The molecule has 10 heteroatoms. The number of ether oxygens (including phenoxy) is 1. The molecule has 3 rings (SSSR count). The molecule has 0 aromatic carbocycles. The van der Waals surface area contributed by atoms with Crippen molar-refractivity contribution in [1.82, 2.24) is 14.6 Å². The summed E-state index contributed by atoms with van der Waals surface area (Å²) in [7, 11) is 0. The van der Waals surface area contributed by atoms with E-state index < -0.39 is 21.5 Å². The minimum absolute atomic E-state index is 0.0306. The van der Waals surface area contributed by atoms with Crippen LogP contribution in [0.15, 0.2) is 16.9 Å². The number of fused-ring (bicyclic) bond motifs is 1. The summed E-state index contributed by atoms with van der Waals surface area (Å²) in [5.41, 5.74) is 6.01. The third kappa shape index (κ3) is 2.21. The predicted octanol–water partition coefficient (Wildman–Crippen LogP) is -0.116. The second-order valence-corrected chi connectivity index (χ2v) is 8.44. The number of nitrogens with one attached hydrogen (secondary N) is 1. The average molecular weight is 424 g/mol. The van der Waals surface area contributed by atoms with Crippen molar-refractivity contribution in [2.24, 2.45) is 0 Å². The Morgan fingerprint density at radius 3 is 2.86 bits per heavy atom. The third-order valence-corrected chi connectivity index (χ3v) is 5.19. The van der Waals surface area contributed by atoms with E-state index in [9.17, 15) is 15.0 Å². The largest absolute Gasteiger partial charge is 0.394 e. The van der Waals surface area contributed by atoms with E-state index in [0.717, 1.165) is 0 Å². The van der Waals surface area contributed by atoms with E-state index in [2.05, 4.69) is 41.9 Å². The van der Waals surface area contributed by atoms with Gasteiger partial charge in [0.15, 0.2) is 0 Å². The van der Waals surface area contributed by atoms with Crippen molar-refractivity contribution in [2.45, 2.75) is 21.5 Å². The molecule has 8 nitrogen and oxygen atoms in total. The zero-order chi connectivity index (χ0) is 15.4. The molecule has 2 aromatic heterocycles. The first-order valence-corrected chi connectivity index (χ1v) is 7.64. The SMILES string of the molecule is Nc1nn2c([C@@H]3O[C@H](CO)C(O)C3(Br)Br)ccc2c(=O)[nH]1. The summed E-state index contributed by atoms with van der Waals surface area (Å²) in [6, 6.07) is 3.24. The highest BCUT2D eigenvalue weighted by molar-refractivity contribution is 9.25. The standard InChI is InChI=1S/C11H12Br2N4O4/c12-11(13)7(19)6(3-18)21-8(11)4-1-2-5-9(20)15-10(14)16-17(4)5/h1-2,6-8,18-19H,3H2,(H3,14,15,16,20)/t6-,7?,8+/m1/s1. The van der Waals surface area contributed by atoms with Crippen LogP contribution in [0.3, 0.4) is 0 Å². The molecule has 1 unspecified atom stereocenters. The number of H-pyrrole nitrogens is 1. The molecule has 3 atom stereocenters. The van der Waals surface area contributed by atoms with Crippen LogP contribution in [-0.4, -0.2) is 46.9 Å². The normalized spacial score (nSPS) is 28.3. The van der Waals surface area contributed by atoms with Gasteiger partial charge in [0.2, 0.25) is 5.95 Å². The van der Waals surface area contributed by atoms with Crippen molar-refractivity contribution in [3.8, 4) is 0 Å². The summed E-state index contributed by atoms with van der Waals surface area (Å²) in [5, 5.41) is 23.5. The van der Waals surface area contributed by atoms with E-state index >= 15 is 0 Å². The van der Waals surface area contributed by atoms with Gasteiger partial charge in [-0.1, -0.05) is 31.9 Å². The molecule has 0 radical (unpaired) electrons. The minimum atomic E-state index is -1.01. The van der Waals surface area contributed by atoms with Gasteiger partial charge in [0.1, 0.15) is 27.1 Å². The first-order valence-electron chi connectivity index (χ1n) is 6.06. The van der Waals surface area contributed by atoms with Gasteiger partial charge in [0.25, 0.3) is 5.56 Å². The molecule has 2 aromatic rings. The highest BCUT2D eigenvalue weighted by atomic mass is 79.9. The lowest BCUT2D eigenvalue weighted by molar-refractivity contribution is -0.0239. The van der Waals surface area contributed by atoms with Crippen molar-refractivity contribution >= 4 is 43.3 Å². The van der Waals surface area contributed by atoms with Crippen LogP contribution in [0.5, 0.6) is 0 Å². The van der Waals surface area contributed by atoms with Crippen LogP contribution >= 0.6 is 31.9 Å². The van der Waals surface area contributed by atoms with Gasteiger partial charge in [0.05, 0.1) is 12.3 Å². The molecule has 0 amide bonds. The Morgan fingerprint density at radius 2 is 2.24 bits per heavy atom. The zero-order valence-corrected chi connectivity index (χ0v) is 13.7. The number of aliphatic hydroxyl groups is 2. The maximum atomic E-state index is 11.8. The number of halogens is 2. The second kappa shape index (κ2) is 5.06. The zero-order valence-electron chi connectivity index (χ0n) is 10.5. The molecule has 5 N–H and O–H groups in total. The molecular formula is C11H12Br2N4O4. The van der Waals surface area contributed by atoms with Gasteiger partial charge >= 0.3 is 0 Å². The van der Waals surface area contributed by atoms with E-state index in [0.29, 0.717) is 11.2 Å². The van der Waals surface area contributed by atoms with E-state index in [1.165, 1.54) is 4.52 Å². The highest BCUT2D eigenvalue weighted by Crippen LogP contribution is 2.51. The number of nitrogens with zero attached hydrogens (tertiary/aromatic N) is 2.